The van der Waals surface area contributed by atoms with E-state index in [9.17, 15) is 14.4 Å². The van der Waals surface area contributed by atoms with Crippen LogP contribution in [0.1, 0.15) is 57.8 Å². The third-order valence-corrected chi connectivity index (χ3v) is 8.96. The van der Waals surface area contributed by atoms with Gasteiger partial charge in [0.15, 0.2) is 0 Å². The van der Waals surface area contributed by atoms with Crippen molar-refractivity contribution in [3.05, 3.63) is 78.1 Å². The first-order valence-corrected chi connectivity index (χ1v) is 16.9. The number of nitrogens with zero attached hydrogens (tertiary/aromatic N) is 5. The SMILES string of the molecule is Cc1nc2cc(-c3ccc(C[C@H](N)C(=O)N(c4ccc(-c5nn[nH]n5)cc4)C(=O)[C@H]4CC[C@H](CNC(=O)OC(C)(C)C)CC4)cc3)ccc2[nH]1. The van der Waals surface area contributed by atoms with Gasteiger partial charge in [-0.1, -0.05) is 30.3 Å². The predicted molar refractivity (Wildman–Crippen MR) is 190 cm³/mol. The number of hydrogen-bond acceptors (Lipinski definition) is 9. The number of carbonyl (C=O) groups is 3. The third-order valence-electron chi connectivity index (χ3n) is 8.96. The second-order valence-electron chi connectivity index (χ2n) is 14.0. The number of anilines is 1. The predicted octanol–water partition coefficient (Wildman–Crippen LogP) is 5.48. The largest absolute Gasteiger partial charge is 0.444 e. The Hall–Kier alpha value is -5.43. The van der Waals surface area contributed by atoms with Crippen molar-refractivity contribution in [3.63, 3.8) is 0 Å². The van der Waals surface area contributed by atoms with Crippen LogP contribution in [-0.2, 0) is 20.7 Å². The summed E-state index contributed by atoms with van der Waals surface area (Å²) in [6.07, 6.45) is 2.44. The number of aryl methyl sites for hydroxylation is 1. The third kappa shape index (κ3) is 8.23. The number of hydrogen-bond donors (Lipinski definition) is 4. The van der Waals surface area contributed by atoms with Gasteiger partial charge < -0.3 is 20.8 Å². The zero-order valence-electron chi connectivity index (χ0n) is 28.8. The fourth-order valence-electron chi connectivity index (χ4n) is 6.40. The molecule has 2 heterocycles. The number of ether oxygens (including phenoxy) is 1. The highest BCUT2D eigenvalue weighted by Crippen LogP contribution is 2.32. The van der Waals surface area contributed by atoms with Crippen molar-refractivity contribution in [2.24, 2.45) is 17.6 Å². The van der Waals surface area contributed by atoms with Crippen LogP contribution in [0.4, 0.5) is 10.5 Å². The molecule has 3 aromatic carbocycles. The van der Waals surface area contributed by atoms with Crippen LogP contribution in [-0.4, -0.2) is 66.7 Å². The number of aromatic amines is 2. The van der Waals surface area contributed by atoms with Gasteiger partial charge in [-0.15, -0.1) is 10.2 Å². The highest BCUT2D eigenvalue weighted by atomic mass is 16.6. The summed E-state index contributed by atoms with van der Waals surface area (Å²) in [7, 11) is 0. The van der Waals surface area contributed by atoms with Crippen molar-refractivity contribution in [3.8, 4) is 22.5 Å². The Morgan fingerprint density at radius 2 is 1.64 bits per heavy atom. The number of benzene rings is 3. The molecule has 1 atom stereocenters. The monoisotopic (exact) mass is 677 g/mol. The molecule has 5 aromatic rings. The van der Waals surface area contributed by atoms with E-state index in [-0.39, 0.29) is 24.2 Å². The van der Waals surface area contributed by atoms with Gasteiger partial charge in [-0.05, 0) is 124 Å². The highest BCUT2D eigenvalue weighted by Gasteiger charge is 2.35. The van der Waals surface area contributed by atoms with E-state index in [1.54, 1.807) is 24.3 Å². The van der Waals surface area contributed by atoms with Gasteiger partial charge in [-0.2, -0.15) is 5.21 Å². The molecule has 13 nitrogen and oxygen atoms in total. The van der Waals surface area contributed by atoms with E-state index in [4.69, 9.17) is 10.5 Å². The number of tetrazole rings is 1. The molecule has 5 N–H and O–H groups in total. The second kappa shape index (κ2) is 14.6. The molecule has 3 amide bonds. The molecule has 0 saturated heterocycles. The second-order valence-corrected chi connectivity index (χ2v) is 14.0. The van der Waals surface area contributed by atoms with Crippen molar-refractivity contribution in [2.45, 2.75) is 71.4 Å². The molecule has 1 aliphatic carbocycles. The summed E-state index contributed by atoms with van der Waals surface area (Å²) in [5.74, 6) is 0.354. The van der Waals surface area contributed by atoms with Crippen molar-refractivity contribution in [1.29, 1.82) is 0 Å². The van der Waals surface area contributed by atoms with Crippen molar-refractivity contribution in [1.82, 2.24) is 35.9 Å². The first-order valence-electron chi connectivity index (χ1n) is 16.9. The lowest BCUT2D eigenvalue weighted by Crippen LogP contribution is -2.50. The quantitative estimate of drug-likeness (QED) is 0.157. The first-order chi connectivity index (χ1) is 23.9. The number of carbonyl (C=O) groups excluding carboxylic acids is 3. The lowest BCUT2D eigenvalue weighted by atomic mass is 9.81. The molecule has 0 aliphatic heterocycles. The van der Waals surface area contributed by atoms with Gasteiger partial charge >= 0.3 is 6.09 Å². The number of rotatable bonds is 9. The minimum Gasteiger partial charge on any atom is -0.444 e. The maximum atomic E-state index is 14.1. The van der Waals surface area contributed by atoms with E-state index < -0.39 is 23.6 Å². The van der Waals surface area contributed by atoms with Gasteiger partial charge in [0.1, 0.15) is 11.4 Å². The van der Waals surface area contributed by atoms with Gasteiger partial charge in [0, 0.05) is 18.0 Å². The van der Waals surface area contributed by atoms with Crippen LogP contribution in [0.5, 0.6) is 0 Å². The number of fused-ring (bicyclic) bond motifs is 1. The summed E-state index contributed by atoms with van der Waals surface area (Å²) < 4.78 is 5.36. The number of amides is 3. The van der Waals surface area contributed by atoms with Gasteiger partial charge in [0.2, 0.25) is 11.7 Å². The van der Waals surface area contributed by atoms with Crippen LogP contribution in [0, 0.1) is 18.8 Å². The van der Waals surface area contributed by atoms with Crippen LogP contribution in [0.2, 0.25) is 0 Å². The van der Waals surface area contributed by atoms with Crippen molar-refractivity contribution in [2.75, 3.05) is 11.4 Å². The van der Waals surface area contributed by atoms with Crippen LogP contribution in [0.25, 0.3) is 33.5 Å². The Bertz CT molecular complexity index is 1940. The van der Waals surface area contributed by atoms with Crippen LogP contribution >= 0.6 is 0 Å². The molecule has 1 aliphatic rings. The van der Waals surface area contributed by atoms with Crippen molar-refractivity contribution >= 4 is 34.6 Å². The molecular weight excluding hydrogens is 634 g/mol. The zero-order chi connectivity index (χ0) is 35.4. The number of alkyl carbamates (subject to hydrolysis) is 1. The molecule has 260 valence electrons. The Morgan fingerprint density at radius 3 is 2.30 bits per heavy atom. The fraction of sp³-hybridized carbons (Fsp3) is 0.378. The number of nitrogens with two attached hydrogens (primary N) is 1. The van der Waals surface area contributed by atoms with Gasteiger partial charge in [-0.25, -0.2) is 14.7 Å². The summed E-state index contributed by atoms with van der Waals surface area (Å²) in [5.41, 5.74) is 11.9. The molecule has 0 spiro atoms. The molecule has 13 heteroatoms. The Labute approximate surface area is 290 Å². The zero-order valence-corrected chi connectivity index (χ0v) is 28.8. The van der Waals surface area contributed by atoms with Crippen LogP contribution in [0.15, 0.2) is 66.7 Å². The molecule has 50 heavy (non-hydrogen) atoms. The van der Waals surface area contributed by atoms with Gasteiger partial charge in [0.25, 0.3) is 5.91 Å². The van der Waals surface area contributed by atoms with E-state index in [1.165, 1.54) is 4.90 Å². The minimum atomic E-state index is -0.959. The Kier molecular flexibility index (Phi) is 10.0. The average molecular weight is 678 g/mol. The number of H-pyrrole nitrogens is 2. The number of imidazole rings is 1. The fourth-order valence-corrected chi connectivity index (χ4v) is 6.40. The maximum Gasteiger partial charge on any atom is 0.407 e. The van der Waals surface area contributed by atoms with E-state index in [2.05, 4.69) is 35.9 Å². The molecule has 0 unspecified atom stereocenters. The van der Waals surface area contributed by atoms with Crippen LogP contribution < -0.4 is 16.0 Å². The van der Waals surface area contributed by atoms with Gasteiger partial charge in [0.05, 0.1) is 22.8 Å². The summed E-state index contributed by atoms with van der Waals surface area (Å²) in [6.45, 7) is 7.86. The van der Waals surface area contributed by atoms with Crippen LogP contribution in [0.3, 0.4) is 0 Å². The van der Waals surface area contributed by atoms with Crippen molar-refractivity contribution < 1.29 is 19.1 Å². The molecule has 0 radical (unpaired) electrons. The topological polar surface area (TPSA) is 185 Å². The van der Waals surface area contributed by atoms with E-state index in [0.717, 1.165) is 46.4 Å². The smallest absolute Gasteiger partial charge is 0.407 e. The van der Waals surface area contributed by atoms with E-state index in [0.29, 0.717) is 36.5 Å². The van der Waals surface area contributed by atoms with E-state index >= 15 is 0 Å². The first kappa shape index (κ1) is 34.4. The molecule has 1 fully saturated rings. The maximum absolute atomic E-state index is 14.1. The summed E-state index contributed by atoms with van der Waals surface area (Å²) in [5, 5.41) is 16.9. The molecule has 6 rings (SSSR count). The number of nitrogens with one attached hydrogen (secondary N) is 3. The van der Waals surface area contributed by atoms with E-state index in [1.807, 2.05) is 70.2 Å². The number of aromatic nitrogens is 6. The lowest BCUT2D eigenvalue weighted by Gasteiger charge is -2.32. The summed E-state index contributed by atoms with van der Waals surface area (Å²) >= 11 is 0. The molecule has 1 saturated carbocycles. The average Bonchev–Trinajstić information content (AvgIpc) is 3.77. The standard InChI is InChI=1S/C37H43N9O4/c1-22-40-31-18-15-28(20-32(31)41-22)25-9-5-23(6-10-25)19-30(38)35(48)46(29-16-13-26(14-17-29)33-42-44-45-43-33)34(47)27-11-7-24(8-12-27)21-39-36(49)50-37(2,3)4/h5-6,9-10,13-18,20,24,27,30H,7-8,11-12,19,21,38H2,1-4H3,(H,39,49)(H,40,41)(H,42,43,44,45)/t24-,27-,30-/m0/s1. The molecular formula is C37H43N9O4. The number of imide groups is 1. The van der Waals surface area contributed by atoms with Gasteiger partial charge in [-0.3, -0.25) is 9.59 Å². The summed E-state index contributed by atoms with van der Waals surface area (Å²) in [6, 6.07) is 20.0. The normalized spacial score (nSPS) is 16.9. The summed E-state index contributed by atoms with van der Waals surface area (Å²) in [4.78, 5) is 49.4. The lowest BCUT2D eigenvalue weighted by molar-refractivity contribution is -0.130. The Balaban J connectivity index is 1.15. The highest BCUT2D eigenvalue weighted by molar-refractivity contribution is 6.17. The molecule has 0 bridgehead atoms. The molecule has 2 aromatic heterocycles. The Morgan fingerprint density at radius 1 is 0.960 bits per heavy atom. The minimum absolute atomic E-state index is 0.209.